The Morgan fingerprint density at radius 3 is 2.76 bits per heavy atom. The lowest BCUT2D eigenvalue weighted by Crippen LogP contribution is -2.45. The molecular weight excluding hydrogens is 312 g/mol. The number of urea groups is 1. The van der Waals surface area contributed by atoms with Gasteiger partial charge < -0.3 is 10.6 Å². The summed E-state index contributed by atoms with van der Waals surface area (Å²) in [5, 5.41) is 6.10. The highest BCUT2D eigenvalue weighted by Crippen LogP contribution is 2.30. The van der Waals surface area contributed by atoms with Gasteiger partial charge in [-0.1, -0.05) is 36.4 Å². The third-order valence-corrected chi connectivity index (χ3v) is 4.72. The second-order valence-electron chi connectivity index (χ2n) is 6.65. The quantitative estimate of drug-likeness (QED) is 0.881. The predicted molar refractivity (Wildman–Crippen MR) is 99.4 cm³/mol. The first-order valence-corrected chi connectivity index (χ1v) is 8.85. The summed E-state index contributed by atoms with van der Waals surface area (Å²) in [6.07, 6.45) is 1.70. The standard InChI is InChI=1S/C20H26N4O/c1-15-7-6-10-17(22-15)11-13-21-20(25)23-18-12-14-24(2)19(18)16-8-4-3-5-9-16/h3-10,18-19H,11-14H2,1-2H3,(H2,21,23,25)/t18-,19-/m0/s1. The maximum absolute atomic E-state index is 12.3. The minimum atomic E-state index is -0.103. The molecule has 25 heavy (non-hydrogen) atoms. The van der Waals surface area contributed by atoms with Crippen LogP contribution in [0.2, 0.25) is 0 Å². The van der Waals surface area contributed by atoms with Crippen molar-refractivity contribution in [3.8, 4) is 0 Å². The third kappa shape index (κ3) is 4.57. The smallest absolute Gasteiger partial charge is 0.315 e. The van der Waals surface area contributed by atoms with Gasteiger partial charge in [0.2, 0.25) is 0 Å². The number of hydrogen-bond donors (Lipinski definition) is 2. The lowest BCUT2D eigenvalue weighted by Gasteiger charge is -2.26. The molecule has 0 saturated carbocycles. The summed E-state index contributed by atoms with van der Waals surface area (Å²) in [5.74, 6) is 0. The number of likely N-dealkylation sites (tertiary alicyclic amines) is 1. The second-order valence-corrected chi connectivity index (χ2v) is 6.65. The summed E-state index contributed by atoms with van der Waals surface area (Å²) in [7, 11) is 2.11. The Morgan fingerprint density at radius 1 is 1.20 bits per heavy atom. The average molecular weight is 338 g/mol. The van der Waals surface area contributed by atoms with Gasteiger partial charge in [-0.25, -0.2) is 4.79 Å². The fourth-order valence-electron chi connectivity index (χ4n) is 3.50. The molecule has 3 rings (SSSR count). The summed E-state index contributed by atoms with van der Waals surface area (Å²) < 4.78 is 0. The maximum atomic E-state index is 12.3. The van der Waals surface area contributed by atoms with Crippen LogP contribution in [0.3, 0.4) is 0 Å². The first-order chi connectivity index (χ1) is 12.1. The maximum Gasteiger partial charge on any atom is 0.315 e. The molecule has 0 bridgehead atoms. The first-order valence-electron chi connectivity index (χ1n) is 8.85. The fourth-order valence-corrected chi connectivity index (χ4v) is 3.50. The summed E-state index contributed by atoms with van der Waals surface area (Å²) in [6.45, 7) is 3.54. The molecule has 1 saturated heterocycles. The van der Waals surface area contributed by atoms with E-state index in [2.05, 4.69) is 39.7 Å². The van der Waals surface area contributed by atoms with Crippen LogP contribution in [0.15, 0.2) is 48.5 Å². The van der Waals surface area contributed by atoms with E-state index < -0.39 is 0 Å². The Morgan fingerprint density at radius 2 is 2.00 bits per heavy atom. The van der Waals surface area contributed by atoms with E-state index in [0.29, 0.717) is 6.54 Å². The average Bonchev–Trinajstić information content (AvgIpc) is 2.96. The van der Waals surface area contributed by atoms with E-state index in [4.69, 9.17) is 0 Å². The largest absolute Gasteiger partial charge is 0.338 e. The number of pyridine rings is 1. The highest BCUT2D eigenvalue weighted by Gasteiger charge is 2.33. The number of likely N-dealkylation sites (N-methyl/N-ethyl adjacent to an activating group) is 1. The number of benzene rings is 1. The Labute approximate surface area is 149 Å². The van der Waals surface area contributed by atoms with Gasteiger partial charge in [0.25, 0.3) is 0 Å². The number of amides is 2. The predicted octanol–water partition coefficient (Wildman–Crippen LogP) is 2.68. The van der Waals surface area contributed by atoms with Crippen molar-refractivity contribution in [1.82, 2.24) is 20.5 Å². The molecule has 1 aromatic heterocycles. The Balaban J connectivity index is 1.51. The molecule has 0 radical (unpaired) electrons. The van der Waals surface area contributed by atoms with E-state index in [-0.39, 0.29) is 18.1 Å². The van der Waals surface area contributed by atoms with Crippen LogP contribution in [0.4, 0.5) is 4.79 Å². The normalized spacial score (nSPS) is 20.4. The van der Waals surface area contributed by atoms with Crippen LogP contribution in [-0.4, -0.2) is 42.1 Å². The monoisotopic (exact) mass is 338 g/mol. The van der Waals surface area contributed by atoms with Gasteiger partial charge in [-0.3, -0.25) is 9.88 Å². The van der Waals surface area contributed by atoms with Crippen LogP contribution in [0.1, 0.15) is 29.4 Å². The van der Waals surface area contributed by atoms with Crippen LogP contribution >= 0.6 is 0 Å². The highest BCUT2D eigenvalue weighted by molar-refractivity contribution is 5.74. The Kier molecular flexibility index (Phi) is 5.66. The molecule has 1 fully saturated rings. The van der Waals surface area contributed by atoms with Gasteiger partial charge in [0.15, 0.2) is 0 Å². The highest BCUT2D eigenvalue weighted by atomic mass is 16.2. The Hall–Kier alpha value is -2.40. The zero-order chi connectivity index (χ0) is 17.6. The minimum Gasteiger partial charge on any atom is -0.338 e. The van der Waals surface area contributed by atoms with Crippen LogP contribution in [0.25, 0.3) is 0 Å². The number of rotatable bonds is 5. The van der Waals surface area contributed by atoms with Crippen molar-refractivity contribution in [3.63, 3.8) is 0 Å². The third-order valence-electron chi connectivity index (χ3n) is 4.72. The molecule has 5 nitrogen and oxygen atoms in total. The number of nitrogens with zero attached hydrogens (tertiary/aromatic N) is 2. The lowest BCUT2D eigenvalue weighted by atomic mass is 10.0. The van der Waals surface area contributed by atoms with Crippen molar-refractivity contribution in [2.75, 3.05) is 20.1 Å². The van der Waals surface area contributed by atoms with Crippen LogP contribution < -0.4 is 10.6 Å². The summed E-state index contributed by atoms with van der Waals surface area (Å²) in [6, 6.07) is 16.6. The van der Waals surface area contributed by atoms with Gasteiger partial charge in [0, 0.05) is 30.9 Å². The van der Waals surface area contributed by atoms with Crippen LogP contribution in [0, 0.1) is 6.92 Å². The van der Waals surface area contributed by atoms with Crippen molar-refractivity contribution in [2.45, 2.75) is 31.8 Å². The molecule has 2 atom stereocenters. The molecule has 5 heteroatoms. The van der Waals surface area contributed by atoms with E-state index in [9.17, 15) is 4.79 Å². The van der Waals surface area contributed by atoms with Gasteiger partial charge in [0.05, 0.1) is 12.1 Å². The van der Waals surface area contributed by atoms with Crippen molar-refractivity contribution < 1.29 is 4.79 Å². The number of aromatic nitrogens is 1. The molecule has 0 unspecified atom stereocenters. The minimum absolute atomic E-state index is 0.103. The number of hydrogen-bond acceptors (Lipinski definition) is 3. The lowest BCUT2D eigenvalue weighted by molar-refractivity contribution is 0.230. The molecule has 0 spiro atoms. The zero-order valence-electron chi connectivity index (χ0n) is 14.9. The first kappa shape index (κ1) is 17.4. The number of carbonyl (C=O) groups is 1. The Bertz CT molecular complexity index is 704. The van der Waals surface area contributed by atoms with E-state index in [1.165, 1.54) is 5.56 Å². The molecule has 1 aliphatic rings. The van der Waals surface area contributed by atoms with Gasteiger partial charge in [-0.15, -0.1) is 0 Å². The molecule has 1 aromatic carbocycles. The summed E-state index contributed by atoms with van der Waals surface area (Å²) in [5.41, 5.74) is 3.25. The molecule has 2 aromatic rings. The van der Waals surface area contributed by atoms with Gasteiger partial charge in [-0.2, -0.15) is 0 Å². The molecule has 0 aliphatic carbocycles. The van der Waals surface area contributed by atoms with Crippen molar-refractivity contribution in [3.05, 3.63) is 65.5 Å². The van der Waals surface area contributed by atoms with Gasteiger partial charge in [-0.05, 0) is 38.1 Å². The van der Waals surface area contributed by atoms with E-state index in [1.807, 2.05) is 43.3 Å². The number of aryl methyl sites for hydroxylation is 1. The zero-order valence-corrected chi connectivity index (χ0v) is 14.9. The summed E-state index contributed by atoms with van der Waals surface area (Å²) in [4.78, 5) is 19.0. The molecule has 2 amide bonds. The summed E-state index contributed by atoms with van der Waals surface area (Å²) >= 11 is 0. The number of carbonyl (C=O) groups excluding carboxylic acids is 1. The second kappa shape index (κ2) is 8.12. The van der Waals surface area contributed by atoms with Crippen molar-refractivity contribution in [2.24, 2.45) is 0 Å². The van der Waals surface area contributed by atoms with Crippen molar-refractivity contribution >= 4 is 6.03 Å². The van der Waals surface area contributed by atoms with Gasteiger partial charge in [0.1, 0.15) is 0 Å². The van der Waals surface area contributed by atoms with Crippen molar-refractivity contribution in [1.29, 1.82) is 0 Å². The van der Waals surface area contributed by atoms with Crippen LogP contribution in [0.5, 0.6) is 0 Å². The van der Waals surface area contributed by atoms with E-state index in [1.54, 1.807) is 0 Å². The van der Waals surface area contributed by atoms with E-state index in [0.717, 1.165) is 30.8 Å². The topological polar surface area (TPSA) is 57.3 Å². The molecule has 2 N–H and O–H groups in total. The molecule has 2 heterocycles. The van der Waals surface area contributed by atoms with Gasteiger partial charge >= 0.3 is 6.03 Å². The van der Waals surface area contributed by atoms with E-state index >= 15 is 0 Å². The molecular formula is C20H26N4O. The van der Waals surface area contributed by atoms with Crippen LogP contribution in [-0.2, 0) is 6.42 Å². The fraction of sp³-hybridized carbons (Fsp3) is 0.400. The number of nitrogens with one attached hydrogen (secondary N) is 2. The molecule has 1 aliphatic heterocycles. The molecule has 132 valence electrons. The SMILES string of the molecule is Cc1cccc(CCNC(=O)N[C@H]2CCN(C)[C@H]2c2ccccc2)n1.